The molecule has 5 heteroatoms. The van der Waals surface area contributed by atoms with Gasteiger partial charge >= 0.3 is 0 Å². The Bertz CT molecular complexity index is 571. The summed E-state index contributed by atoms with van der Waals surface area (Å²) in [5, 5.41) is 14.3. The molecule has 0 saturated carbocycles. The normalized spacial score (nSPS) is 9.94. The summed E-state index contributed by atoms with van der Waals surface area (Å²) in [4.78, 5) is 5.39. The second-order valence-electron chi connectivity index (χ2n) is 3.51. The smallest absolute Gasteiger partial charge is 0.144 e. The number of hydrogen-bond donors (Lipinski definition) is 1. The summed E-state index contributed by atoms with van der Waals surface area (Å²) >= 11 is 5.14. The lowest BCUT2D eigenvalue weighted by atomic mass is 10.1. The van der Waals surface area contributed by atoms with Gasteiger partial charge in [-0.1, -0.05) is 0 Å². The molecule has 0 bridgehead atoms. The summed E-state index contributed by atoms with van der Waals surface area (Å²) in [6.45, 7) is 2.58. The highest BCUT2D eigenvalue weighted by atomic mass is 79.9. The monoisotopic (exact) mass is 307 g/mol. The standard InChI is InChI=1S/C12H10BrN3S/c1-8-2-4-15-12(9(8)6-14)16-7-11-10(13)3-5-17-11/h2-5H,7H2,1H3,(H,15,16). The molecule has 3 nitrogen and oxygen atoms in total. The molecule has 0 unspecified atom stereocenters. The molecule has 1 N–H and O–H groups in total. The average molecular weight is 308 g/mol. The number of hydrogen-bond acceptors (Lipinski definition) is 4. The van der Waals surface area contributed by atoms with Crippen LogP contribution in [-0.2, 0) is 6.54 Å². The Hall–Kier alpha value is -1.38. The molecule has 17 heavy (non-hydrogen) atoms. The number of aryl methyl sites for hydroxylation is 1. The molecule has 86 valence electrons. The van der Waals surface area contributed by atoms with Gasteiger partial charge in [0.15, 0.2) is 0 Å². The average Bonchev–Trinajstić information content (AvgIpc) is 2.72. The topological polar surface area (TPSA) is 48.7 Å². The molecule has 0 atom stereocenters. The maximum absolute atomic E-state index is 9.07. The second-order valence-corrected chi connectivity index (χ2v) is 5.36. The van der Waals surface area contributed by atoms with Gasteiger partial charge in [-0.25, -0.2) is 4.98 Å². The van der Waals surface area contributed by atoms with E-state index in [1.165, 1.54) is 4.88 Å². The minimum atomic E-state index is 0.611. The highest BCUT2D eigenvalue weighted by Gasteiger charge is 2.07. The minimum absolute atomic E-state index is 0.611. The van der Waals surface area contributed by atoms with E-state index in [9.17, 15) is 0 Å². The Morgan fingerprint density at radius 2 is 2.35 bits per heavy atom. The molecule has 0 fully saturated rings. The van der Waals surface area contributed by atoms with Gasteiger partial charge in [-0.2, -0.15) is 5.26 Å². The van der Waals surface area contributed by atoms with Crippen molar-refractivity contribution in [2.45, 2.75) is 13.5 Å². The number of pyridine rings is 1. The van der Waals surface area contributed by atoms with Crippen LogP contribution in [0.4, 0.5) is 5.82 Å². The molecule has 2 rings (SSSR count). The molecule has 0 aliphatic heterocycles. The van der Waals surface area contributed by atoms with Crippen LogP contribution in [0, 0.1) is 18.3 Å². The Labute approximate surface area is 112 Å². The van der Waals surface area contributed by atoms with Gasteiger partial charge in [0, 0.05) is 15.5 Å². The fourth-order valence-electron chi connectivity index (χ4n) is 1.45. The van der Waals surface area contributed by atoms with Crippen LogP contribution in [0.25, 0.3) is 0 Å². The van der Waals surface area contributed by atoms with E-state index in [4.69, 9.17) is 5.26 Å². The van der Waals surface area contributed by atoms with Gasteiger partial charge in [0.05, 0.1) is 12.1 Å². The van der Waals surface area contributed by atoms with E-state index in [2.05, 4.69) is 32.3 Å². The van der Waals surface area contributed by atoms with Crippen LogP contribution in [0.1, 0.15) is 16.0 Å². The van der Waals surface area contributed by atoms with Crippen molar-refractivity contribution in [2.24, 2.45) is 0 Å². The SMILES string of the molecule is Cc1ccnc(NCc2sccc2Br)c1C#N. The van der Waals surface area contributed by atoms with Crippen molar-refractivity contribution in [2.75, 3.05) is 5.32 Å². The number of nitrogens with one attached hydrogen (secondary N) is 1. The predicted octanol–water partition coefficient (Wildman–Crippen LogP) is 3.70. The number of rotatable bonds is 3. The number of halogens is 1. The van der Waals surface area contributed by atoms with E-state index >= 15 is 0 Å². The van der Waals surface area contributed by atoms with Crippen LogP contribution in [0.5, 0.6) is 0 Å². The zero-order valence-electron chi connectivity index (χ0n) is 9.20. The fraction of sp³-hybridized carbons (Fsp3) is 0.167. The van der Waals surface area contributed by atoms with Crippen molar-refractivity contribution in [3.8, 4) is 6.07 Å². The fourth-order valence-corrected chi connectivity index (χ4v) is 2.88. The second kappa shape index (κ2) is 5.30. The quantitative estimate of drug-likeness (QED) is 0.940. The van der Waals surface area contributed by atoms with E-state index < -0.39 is 0 Å². The summed E-state index contributed by atoms with van der Waals surface area (Å²) in [5.74, 6) is 0.646. The van der Waals surface area contributed by atoms with Crippen LogP contribution >= 0.6 is 27.3 Å². The Morgan fingerprint density at radius 3 is 3.00 bits per heavy atom. The van der Waals surface area contributed by atoms with Gasteiger partial charge in [-0.05, 0) is 45.9 Å². The molecular weight excluding hydrogens is 298 g/mol. The van der Waals surface area contributed by atoms with Gasteiger partial charge in [-0.3, -0.25) is 0 Å². The predicted molar refractivity (Wildman–Crippen MR) is 73.0 cm³/mol. The summed E-state index contributed by atoms with van der Waals surface area (Å²) in [5.41, 5.74) is 1.55. The number of anilines is 1. The van der Waals surface area contributed by atoms with Gasteiger partial charge in [0.2, 0.25) is 0 Å². The number of thiophene rings is 1. The van der Waals surface area contributed by atoms with E-state index in [0.717, 1.165) is 10.0 Å². The van der Waals surface area contributed by atoms with Crippen molar-refractivity contribution >= 4 is 33.1 Å². The molecule has 2 aromatic heterocycles. The zero-order valence-corrected chi connectivity index (χ0v) is 11.6. The van der Waals surface area contributed by atoms with Crippen molar-refractivity contribution in [3.05, 3.63) is 44.2 Å². The van der Waals surface area contributed by atoms with Crippen molar-refractivity contribution in [3.63, 3.8) is 0 Å². The molecule has 0 radical (unpaired) electrons. The first-order valence-electron chi connectivity index (χ1n) is 5.04. The number of aromatic nitrogens is 1. The third-order valence-corrected chi connectivity index (χ3v) is 4.30. The van der Waals surface area contributed by atoms with Crippen LogP contribution in [-0.4, -0.2) is 4.98 Å². The van der Waals surface area contributed by atoms with E-state index in [-0.39, 0.29) is 0 Å². The highest BCUT2D eigenvalue weighted by molar-refractivity contribution is 9.10. The molecular formula is C12H10BrN3S. The lowest BCUT2D eigenvalue weighted by molar-refractivity contribution is 1.12. The van der Waals surface area contributed by atoms with Gasteiger partial charge in [-0.15, -0.1) is 11.3 Å². The maximum atomic E-state index is 9.07. The van der Waals surface area contributed by atoms with Crippen molar-refractivity contribution in [1.29, 1.82) is 5.26 Å². The molecule has 0 amide bonds. The summed E-state index contributed by atoms with van der Waals surface area (Å²) < 4.78 is 1.08. The molecule has 0 saturated heterocycles. The molecule has 0 aliphatic carbocycles. The first-order valence-corrected chi connectivity index (χ1v) is 6.71. The number of nitrogens with zero attached hydrogens (tertiary/aromatic N) is 2. The molecule has 0 spiro atoms. The Morgan fingerprint density at radius 1 is 1.53 bits per heavy atom. The summed E-state index contributed by atoms with van der Waals surface area (Å²) in [6, 6.07) is 6.02. The highest BCUT2D eigenvalue weighted by Crippen LogP contribution is 2.24. The largest absolute Gasteiger partial charge is 0.364 e. The first kappa shape index (κ1) is 12.1. The Balaban J connectivity index is 2.18. The summed E-state index contributed by atoms with van der Waals surface area (Å²) in [7, 11) is 0. The molecule has 0 aliphatic rings. The summed E-state index contributed by atoms with van der Waals surface area (Å²) in [6.07, 6.45) is 1.71. The molecule has 0 aromatic carbocycles. The zero-order chi connectivity index (χ0) is 12.3. The van der Waals surface area contributed by atoms with E-state index in [1.54, 1.807) is 17.5 Å². The Kier molecular flexibility index (Phi) is 3.77. The lowest BCUT2D eigenvalue weighted by Crippen LogP contribution is -2.03. The van der Waals surface area contributed by atoms with Crippen molar-refractivity contribution in [1.82, 2.24) is 4.98 Å². The maximum Gasteiger partial charge on any atom is 0.144 e. The van der Waals surface area contributed by atoms with Gasteiger partial charge in [0.1, 0.15) is 11.9 Å². The lowest BCUT2D eigenvalue weighted by Gasteiger charge is -2.07. The van der Waals surface area contributed by atoms with E-state index in [0.29, 0.717) is 17.9 Å². The van der Waals surface area contributed by atoms with Gasteiger partial charge in [0.25, 0.3) is 0 Å². The van der Waals surface area contributed by atoms with Crippen LogP contribution in [0.2, 0.25) is 0 Å². The minimum Gasteiger partial charge on any atom is -0.364 e. The third kappa shape index (κ3) is 2.65. The van der Waals surface area contributed by atoms with Crippen LogP contribution in [0.3, 0.4) is 0 Å². The van der Waals surface area contributed by atoms with Crippen LogP contribution in [0.15, 0.2) is 28.2 Å². The number of nitriles is 1. The van der Waals surface area contributed by atoms with Gasteiger partial charge < -0.3 is 5.32 Å². The molecule has 2 heterocycles. The first-order chi connectivity index (χ1) is 8.22. The van der Waals surface area contributed by atoms with Crippen molar-refractivity contribution < 1.29 is 0 Å². The van der Waals surface area contributed by atoms with Crippen LogP contribution < -0.4 is 5.32 Å². The molecule has 2 aromatic rings. The van der Waals surface area contributed by atoms with E-state index in [1.807, 2.05) is 24.4 Å². The third-order valence-electron chi connectivity index (χ3n) is 2.38.